The van der Waals surface area contributed by atoms with Crippen LogP contribution in [0.4, 0.5) is 0 Å². The van der Waals surface area contributed by atoms with Gasteiger partial charge in [-0.2, -0.15) is 0 Å². The number of carbonyl (C=O) groups excluding carboxylic acids is 2. The maximum atomic E-state index is 13.4. The van der Waals surface area contributed by atoms with Gasteiger partial charge in [-0.15, -0.1) is 0 Å². The number of benzene rings is 1. The Labute approximate surface area is 202 Å². The van der Waals surface area contributed by atoms with Crippen LogP contribution in [0.3, 0.4) is 0 Å². The molecule has 2 aromatic rings. The highest BCUT2D eigenvalue weighted by Crippen LogP contribution is 2.40. The molecule has 0 saturated heterocycles. The first-order valence-corrected chi connectivity index (χ1v) is 12.2. The lowest BCUT2D eigenvalue weighted by Crippen LogP contribution is -2.38. The fraction of sp³-hybridized carbons (Fsp3) is 0.481. The predicted octanol–water partition coefficient (Wildman–Crippen LogP) is 5.08. The molecule has 3 rings (SSSR count). The molecule has 1 amide bonds. The van der Waals surface area contributed by atoms with Gasteiger partial charge < -0.3 is 24.1 Å². The lowest BCUT2D eigenvalue weighted by atomic mass is 9.95. The normalized spacial score (nSPS) is 16.1. The molecule has 0 saturated carbocycles. The Morgan fingerprint density at radius 2 is 1.91 bits per heavy atom. The first kappa shape index (κ1) is 25.6. The number of ketones is 1. The van der Waals surface area contributed by atoms with Gasteiger partial charge in [-0.3, -0.25) is 9.59 Å². The van der Waals surface area contributed by atoms with Gasteiger partial charge in [0.05, 0.1) is 18.2 Å². The van der Waals surface area contributed by atoms with E-state index in [9.17, 15) is 14.7 Å². The van der Waals surface area contributed by atoms with Gasteiger partial charge in [-0.05, 0) is 56.3 Å². The smallest absolute Gasteiger partial charge is 0.290 e. The molecule has 1 aliphatic rings. The number of aryl methyl sites for hydroxylation is 1. The number of nitrogens with zero attached hydrogens (tertiary/aromatic N) is 2. The maximum absolute atomic E-state index is 13.4. The Kier molecular flexibility index (Phi) is 8.93. The van der Waals surface area contributed by atoms with Crippen LogP contribution in [0.25, 0.3) is 0 Å². The van der Waals surface area contributed by atoms with Crippen molar-refractivity contribution in [1.82, 2.24) is 9.80 Å². The van der Waals surface area contributed by atoms with Gasteiger partial charge in [0, 0.05) is 13.1 Å². The summed E-state index contributed by atoms with van der Waals surface area (Å²) in [6.45, 7) is 11.3. The van der Waals surface area contributed by atoms with E-state index in [0.717, 1.165) is 37.9 Å². The molecule has 2 heterocycles. The van der Waals surface area contributed by atoms with Crippen molar-refractivity contribution < 1.29 is 23.8 Å². The summed E-state index contributed by atoms with van der Waals surface area (Å²) in [5, 5.41) is 10.8. The summed E-state index contributed by atoms with van der Waals surface area (Å²) < 4.78 is 11.5. The summed E-state index contributed by atoms with van der Waals surface area (Å²) in [4.78, 5) is 30.3. The Balaban J connectivity index is 1.96. The molecule has 7 nitrogen and oxygen atoms in total. The second-order valence-corrected chi connectivity index (χ2v) is 8.56. The number of likely N-dealkylation sites (N-methyl/N-ethyl adjacent to an activating group) is 1. The minimum atomic E-state index is -0.722. The third-order valence-electron chi connectivity index (χ3n) is 6.25. The summed E-state index contributed by atoms with van der Waals surface area (Å²) in [5.74, 6) is -0.171. The van der Waals surface area contributed by atoms with Gasteiger partial charge in [-0.1, -0.05) is 45.7 Å². The van der Waals surface area contributed by atoms with E-state index in [0.29, 0.717) is 31.2 Å². The molecule has 34 heavy (non-hydrogen) atoms. The van der Waals surface area contributed by atoms with Crippen LogP contribution in [0, 0.1) is 6.92 Å². The molecule has 0 bridgehead atoms. The average molecular weight is 469 g/mol. The average Bonchev–Trinajstić information content (AvgIpc) is 3.38. The zero-order valence-electron chi connectivity index (χ0n) is 20.7. The molecular weight excluding hydrogens is 432 g/mol. The van der Waals surface area contributed by atoms with Crippen molar-refractivity contribution in [2.75, 3.05) is 32.8 Å². The van der Waals surface area contributed by atoms with Gasteiger partial charge in [0.25, 0.3) is 5.91 Å². The fourth-order valence-corrected chi connectivity index (χ4v) is 4.26. The van der Waals surface area contributed by atoms with E-state index in [4.69, 9.17) is 9.15 Å². The van der Waals surface area contributed by atoms with E-state index in [1.807, 2.05) is 24.3 Å². The lowest BCUT2D eigenvalue weighted by molar-refractivity contribution is -0.129. The van der Waals surface area contributed by atoms with E-state index in [-0.39, 0.29) is 11.3 Å². The Hall–Kier alpha value is -3.06. The molecule has 0 spiro atoms. The molecule has 1 N–H and O–H groups in total. The highest BCUT2D eigenvalue weighted by molar-refractivity contribution is 6.15. The third kappa shape index (κ3) is 5.70. The number of aliphatic hydroxyl groups is 1. The molecule has 1 aromatic carbocycles. The van der Waals surface area contributed by atoms with Gasteiger partial charge in [0.2, 0.25) is 5.78 Å². The van der Waals surface area contributed by atoms with Crippen LogP contribution < -0.4 is 4.74 Å². The minimum absolute atomic E-state index is 0.0435. The van der Waals surface area contributed by atoms with E-state index in [1.54, 1.807) is 24.0 Å². The predicted molar refractivity (Wildman–Crippen MR) is 131 cm³/mol. The van der Waals surface area contributed by atoms with Crippen molar-refractivity contribution in [3.63, 3.8) is 0 Å². The molecule has 184 valence electrons. The summed E-state index contributed by atoms with van der Waals surface area (Å²) >= 11 is 0. The van der Waals surface area contributed by atoms with Crippen molar-refractivity contribution in [3.8, 4) is 5.75 Å². The van der Waals surface area contributed by atoms with Gasteiger partial charge in [0.15, 0.2) is 11.5 Å². The topological polar surface area (TPSA) is 83.2 Å². The standard InChI is InChI=1S/C27H36N2O5/c1-5-8-9-17-33-21-12-10-11-20(18-21)24-23(25(30)22-14-13-19(4)34-22)26(31)27(32)29(24)16-15-28(6-2)7-3/h10-14,18,24,31H,5-9,15-17H2,1-4H3. The fourth-order valence-electron chi connectivity index (χ4n) is 4.26. The van der Waals surface area contributed by atoms with Crippen LogP contribution in [0.5, 0.6) is 5.75 Å². The lowest BCUT2D eigenvalue weighted by Gasteiger charge is -2.29. The number of unbranched alkanes of at least 4 members (excludes halogenated alkanes) is 2. The SMILES string of the molecule is CCCCCOc1cccc(C2C(C(=O)c3ccc(C)o3)=C(O)C(=O)N2CCN(CC)CC)c1. The zero-order chi connectivity index (χ0) is 24.7. The van der Waals surface area contributed by atoms with E-state index < -0.39 is 23.5 Å². The van der Waals surface area contributed by atoms with Gasteiger partial charge in [-0.25, -0.2) is 0 Å². The third-order valence-corrected chi connectivity index (χ3v) is 6.25. The first-order valence-electron chi connectivity index (χ1n) is 12.2. The van der Waals surface area contributed by atoms with E-state index >= 15 is 0 Å². The molecule has 1 unspecified atom stereocenters. The second kappa shape index (κ2) is 11.9. The number of rotatable bonds is 13. The van der Waals surface area contributed by atoms with Crippen molar-refractivity contribution in [2.45, 2.75) is 53.0 Å². The number of aliphatic hydroxyl groups excluding tert-OH is 1. The largest absolute Gasteiger partial charge is 0.503 e. The molecule has 0 aliphatic carbocycles. The highest BCUT2D eigenvalue weighted by Gasteiger charge is 2.44. The van der Waals surface area contributed by atoms with Crippen molar-refractivity contribution in [3.05, 3.63) is 64.8 Å². The van der Waals surface area contributed by atoms with Crippen LogP contribution >= 0.6 is 0 Å². The number of Topliss-reactive ketones (excluding diaryl/α,β-unsaturated/α-hetero) is 1. The van der Waals surface area contributed by atoms with Crippen LogP contribution in [0.1, 0.15) is 68.0 Å². The Morgan fingerprint density at radius 3 is 2.56 bits per heavy atom. The summed E-state index contributed by atoms with van der Waals surface area (Å²) in [6.07, 6.45) is 3.16. The van der Waals surface area contributed by atoms with Crippen LogP contribution in [-0.2, 0) is 4.79 Å². The van der Waals surface area contributed by atoms with Gasteiger partial charge >= 0.3 is 0 Å². The maximum Gasteiger partial charge on any atom is 0.290 e. The number of hydrogen-bond acceptors (Lipinski definition) is 6. The summed E-state index contributed by atoms with van der Waals surface area (Å²) in [5.41, 5.74) is 0.763. The van der Waals surface area contributed by atoms with Crippen molar-refractivity contribution in [2.24, 2.45) is 0 Å². The Bertz CT molecular complexity index is 1020. The van der Waals surface area contributed by atoms with Crippen molar-refractivity contribution in [1.29, 1.82) is 0 Å². The zero-order valence-corrected chi connectivity index (χ0v) is 20.7. The van der Waals surface area contributed by atoms with Crippen LogP contribution in [0.2, 0.25) is 0 Å². The number of hydrogen-bond donors (Lipinski definition) is 1. The number of ether oxygens (including phenoxy) is 1. The molecule has 1 atom stereocenters. The monoisotopic (exact) mass is 468 g/mol. The van der Waals surface area contributed by atoms with Crippen LogP contribution in [-0.4, -0.2) is 59.4 Å². The Morgan fingerprint density at radius 1 is 1.15 bits per heavy atom. The van der Waals surface area contributed by atoms with E-state index in [2.05, 4.69) is 25.7 Å². The molecular formula is C27H36N2O5. The highest BCUT2D eigenvalue weighted by atomic mass is 16.5. The summed E-state index contributed by atoms with van der Waals surface area (Å²) in [6, 6.07) is 9.98. The number of amides is 1. The number of furan rings is 1. The molecule has 1 aromatic heterocycles. The molecule has 1 aliphatic heterocycles. The molecule has 7 heteroatoms. The van der Waals surface area contributed by atoms with E-state index in [1.165, 1.54) is 0 Å². The van der Waals surface area contributed by atoms with Gasteiger partial charge in [0.1, 0.15) is 11.5 Å². The molecule has 0 radical (unpaired) electrons. The van der Waals surface area contributed by atoms with Crippen molar-refractivity contribution >= 4 is 11.7 Å². The minimum Gasteiger partial charge on any atom is -0.503 e. The second-order valence-electron chi connectivity index (χ2n) is 8.56. The quantitative estimate of drug-likeness (QED) is 0.326. The first-order chi connectivity index (χ1) is 16.4. The number of carbonyl (C=O) groups is 2. The summed E-state index contributed by atoms with van der Waals surface area (Å²) in [7, 11) is 0. The molecule has 0 fully saturated rings. The van der Waals surface area contributed by atoms with Crippen LogP contribution in [0.15, 0.2) is 52.1 Å².